The van der Waals surface area contributed by atoms with Crippen molar-refractivity contribution in [1.29, 1.82) is 0 Å². The fourth-order valence-corrected chi connectivity index (χ4v) is 2.13. The molecule has 1 aromatic rings. The zero-order chi connectivity index (χ0) is 12.4. The van der Waals surface area contributed by atoms with Crippen molar-refractivity contribution in [3.8, 4) is 0 Å². The molecule has 17 heavy (non-hydrogen) atoms. The molecule has 1 aliphatic rings. The Labute approximate surface area is 103 Å². The lowest BCUT2D eigenvalue weighted by molar-refractivity contribution is -0.133. The first-order valence-corrected chi connectivity index (χ1v) is 6.16. The van der Waals surface area contributed by atoms with Crippen molar-refractivity contribution >= 4 is 5.91 Å². The van der Waals surface area contributed by atoms with E-state index in [2.05, 4.69) is 17.4 Å². The molecule has 1 heterocycles. The van der Waals surface area contributed by atoms with Gasteiger partial charge in [-0.05, 0) is 31.4 Å². The molecule has 0 fully saturated rings. The van der Waals surface area contributed by atoms with Gasteiger partial charge in [0.15, 0.2) is 0 Å². The number of likely N-dealkylation sites (N-methyl/N-ethyl adjacent to an activating group) is 1. The molecule has 1 atom stereocenters. The lowest BCUT2D eigenvalue weighted by Gasteiger charge is -2.30. The van der Waals surface area contributed by atoms with E-state index in [4.69, 9.17) is 0 Å². The van der Waals surface area contributed by atoms with Gasteiger partial charge in [0.25, 0.3) is 0 Å². The number of amides is 1. The van der Waals surface area contributed by atoms with Crippen LogP contribution in [0.5, 0.6) is 0 Å². The SMILES string of the molecule is CC(C)N(C)C(=O)[C@H]1Cc2ccccc2CN1. The zero-order valence-corrected chi connectivity index (χ0v) is 10.7. The molecule has 3 heteroatoms. The number of nitrogens with one attached hydrogen (secondary N) is 1. The molecule has 0 aromatic heterocycles. The molecule has 0 spiro atoms. The van der Waals surface area contributed by atoms with Crippen LogP contribution in [0.15, 0.2) is 24.3 Å². The third kappa shape index (κ3) is 2.50. The largest absolute Gasteiger partial charge is 0.342 e. The maximum absolute atomic E-state index is 12.2. The Kier molecular flexibility index (Phi) is 3.48. The Hall–Kier alpha value is -1.35. The molecular weight excluding hydrogens is 212 g/mol. The Morgan fingerprint density at radius 3 is 2.65 bits per heavy atom. The van der Waals surface area contributed by atoms with E-state index in [1.807, 2.05) is 37.9 Å². The molecule has 1 aromatic carbocycles. The van der Waals surface area contributed by atoms with Gasteiger partial charge in [-0.15, -0.1) is 0 Å². The maximum Gasteiger partial charge on any atom is 0.240 e. The minimum absolute atomic E-state index is 0.0719. The summed E-state index contributed by atoms with van der Waals surface area (Å²) in [4.78, 5) is 14.0. The van der Waals surface area contributed by atoms with Gasteiger partial charge in [-0.3, -0.25) is 4.79 Å². The van der Waals surface area contributed by atoms with Crippen LogP contribution in [0.3, 0.4) is 0 Å². The summed E-state index contributed by atoms with van der Waals surface area (Å²) in [5.74, 6) is 0.189. The van der Waals surface area contributed by atoms with Crippen LogP contribution in [0.25, 0.3) is 0 Å². The van der Waals surface area contributed by atoms with Crippen LogP contribution in [0.4, 0.5) is 0 Å². The number of hydrogen-bond acceptors (Lipinski definition) is 2. The predicted octanol–water partition coefficient (Wildman–Crippen LogP) is 1.57. The van der Waals surface area contributed by atoms with E-state index in [0.717, 1.165) is 13.0 Å². The van der Waals surface area contributed by atoms with E-state index >= 15 is 0 Å². The van der Waals surface area contributed by atoms with Crippen LogP contribution in [-0.2, 0) is 17.8 Å². The van der Waals surface area contributed by atoms with Crippen molar-refractivity contribution in [1.82, 2.24) is 10.2 Å². The van der Waals surface area contributed by atoms with Gasteiger partial charge < -0.3 is 10.2 Å². The maximum atomic E-state index is 12.2. The molecule has 0 unspecified atom stereocenters. The van der Waals surface area contributed by atoms with Gasteiger partial charge in [0.05, 0.1) is 6.04 Å². The molecule has 0 saturated heterocycles. The second kappa shape index (κ2) is 4.88. The summed E-state index contributed by atoms with van der Waals surface area (Å²) in [6, 6.07) is 8.50. The summed E-state index contributed by atoms with van der Waals surface area (Å²) in [5.41, 5.74) is 2.60. The fourth-order valence-electron chi connectivity index (χ4n) is 2.13. The lowest BCUT2D eigenvalue weighted by Crippen LogP contribution is -2.50. The van der Waals surface area contributed by atoms with Crippen molar-refractivity contribution in [3.05, 3.63) is 35.4 Å². The van der Waals surface area contributed by atoms with E-state index in [1.54, 1.807) is 0 Å². The Balaban J connectivity index is 2.10. The van der Waals surface area contributed by atoms with Crippen LogP contribution in [-0.4, -0.2) is 29.9 Å². The number of fused-ring (bicyclic) bond motifs is 1. The Morgan fingerprint density at radius 1 is 1.35 bits per heavy atom. The summed E-state index contributed by atoms with van der Waals surface area (Å²) < 4.78 is 0. The zero-order valence-electron chi connectivity index (χ0n) is 10.7. The topological polar surface area (TPSA) is 32.3 Å². The van der Waals surface area contributed by atoms with Crippen LogP contribution >= 0.6 is 0 Å². The number of benzene rings is 1. The third-order valence-corrected chi connectivity index (χ3v) is 3.50. The van der Waals surface area contributed by atoms with Gasteiger partial charge in [-0.25, -0.2) is 0 Å². The van der Waals surface area contributed by atoms with E-state index < -0.39 is 0 Å². The van der Waals surface area contributed by atoms with Crippen LogP contribution in [0.2, 0.25) is 0 Å². The molecule has 3 nitrogen and oxygen atoms in total. The van der Waals surface area contributed by atoms with E-state index in [0.29, 0.717) is 0 Å². The van der Waals surface area contributed by atoms with Gasteiger partial charge in [0, 0.05) is 19.6 Å². The Morgan fingerprint density at radius 2 is 2.00 bits per heavy atom. The van der Waals surface area contributed by atoms with E-state index in [-0.39, 0.29) is 18.0 Å². The molecule has 92 valence electrons. The van der Waals surface area contributed by atoms with E-state index in [9.17, 15) is 4.79 Å². The highest BCUT2D eigenvalue weighted by molar-refractivity contribution is 5.82. The molecule has 1 amide bonds. The molecule has 0 aliphatic carbocycles. The number of hydrogen-bond donors (Lipinski definition) is 1. The minimum Gasteiger partial charge on any atom is -0.342 e. The van der Waals surface area contributed by atoms with Gasteiger partial charge in [0.2, 0.25) is 5.91 Å². The number of rotatable bonds is 2. The van der Waals surface area contributed by atoms with Crippen molar-refractivity contribution in [2.75, 3.05) is 7.05 Å². The number of carbonyl (C=O) groups is 1. The Bertz CT molecular complexity index is 414. The quantitative estimate of drug-likeness (QED) is 0.839. The molecule has 0 saturated carbocycles. The standard InChI is InChI=1S/C14H20N2O/c1-10(2)16(3)14(17)13-8-11-6-4-5-7-12(11)9-15-13/h4-7,10,13,15H,8-9H2,1-3H3/t13-/m1/s1. The molecule has 1 N–H and O–H groups in total. The lowest BCUT2D eigenvalue weighted by atomic mass is 9.95. The van der Waals surface area contributed by atoms with Crippen LogP contribution in [0, 0.1) is 0 Å². The summed E-state index contributed by atoms with van der Waals surface area (Å²) >= 11 is 0. The molecule has 0 radical (unpaired) electrons. The molecule has 1 aliphatic heterocycles. The summed E-state index contributed by atoms with van der Waals surface area (Å²) in [6.07, 6.45) is 0.798. The smallest absolute Gasteiger partial charge is 0.240 e. The average Bonchev–Trinajstić information content (AvgIpc) is 2.36. The van der Waals surface area contributed by atoms with Crippen molar-refractivity contribution in [2.24, 2.45) is 0 Å². The molecular formula is C14H20N2O. The van der Waals surface area contributed by atoms with E-state index in [1.165, 1.54) is 11.1 Å². The van der Waals surface area contributed by atoms with Crippen molar-refractivity contribution in [3.63, 3.8) is 0 Å². The van der Waals surface area contributed by atoms with Crippen molar-refractivity contribution in [2.45, 2.75) is 38.9 Å². The number of carbonyl (C=O) groups excluding carboxylic acids is 1. The normalized spacial score (nSPS) is 18.9. The average molecular weight is 232 g/mol. The molecule has 0 bridgehead atoms. The van der Waals surface area contributed by atoms with Gasteiger partial charge >= 0.3 is 0 Å². The number of nitrogens with zero attached hydrogens (tertiary/aromatic N) is 1. The second-order valence-corrected chi connectivity index (χ2v) is 4.95. The highest BCUT2D eigenvalue weighted by atomic mass is 16.2. The van der Waals surface area contributed by atoms with Gasteiger partial charge in [-0.2, -0.15) is 0 Å². The molecule has 2 rings (SSSR count). The highest BCUT2D eigenvalue weighted by Crippen LogP contribution is 2.17. The first-order chi connectivity index (χ1) is 8.09. The third-order valence-electron chi connectivity index (χ3n) is 3.50. The summed E-state index contributed by atoms with van der Waals surface area (Å²) in [6.45, 7) is 4.86. The minimum atomic E-state index is -0.0719. The van der Waals surface area contributed by atoms with Crippen LogP contribution < -0.4 is 5.32 Å². The van der Waals surface area contributed by atoms with Gasteiger partial charge in [-0.1, -0.05) is 24.3 Å². The van der Waals surface area contributed by atoms with Crippen molar-refractivity contribution < 1.29 is 4.79 Å². The fraction of sp³-hybridized carbons (Fsp3) is 0.500. The summed E-state index contributed by atoms with van der Waals surface area (Å²) in [5, 5.41) is 3.32. The first kappa shape index (κ1) is 12.1. The first-order valence-electron chi connectivity index (χ1n) is 6.16. The highest BCUT2D eigenvalue weighted by Gasteiger charge is 2.26. The van der Waals surface area contributed by atoms with Crippen LogP contribution in [0.1, 0.15) is 25.0 Å². The second-order valence-electron chi connectivity index (χ2n) is 4.95. The summed E-state index contributed by atoms with van der Waals surface area (Å²) in [7, 11) is 1.87. The van der Waals surface area contributed by atoms with Gasteiger partial charge in [0.1, 0.15) is 0 Å². The predicted molar refractivity (Wildman–Crippen MR) is 68.7 cm³/mol. The monoisotopic (exact) mass is 232 g/mol.